The Balaban J connectivity index is 1.79. The number of benzene rings is 1. The molecule has 0 saturated heterocycles. The van der Waals surface area contributed by atoms with E-state index in [0.29, 0.717) is 12.1 Å². The molecule has 0 bridgehead atoms. The third-order valence-electron chi connectivity index (χ3n) is 4.67. The van der Waals surface area contributed by atoms with Gasteiger partial charge in [0.1, 0.15) is 11.9 Å². The lowest BCUT2D eigenvalue weighted by Crippen LogP contribution is -2.38. The SMILES string of the molecule is CCNC1CC(C2CCCCC2)Oc2ccccc21. The molecule has 2 unspecified atom stereocenters. The highest BCUT2D eigenvalue weighted by molar-refractivity contribution is 5.38. The van der Waals surface area contributed by atoms with Crippen molar-refractivity contribution >= 4 is 0 Å². The van der Waals surface area contributed by atoms with Gasteiger partial charge in [0.25, 0.3) is 0 Å². The molecule has 2 heteroatoms. The van der Waals surface area contributed by atoms with Gasteiger partial charge >= 0.3 is 0 Å². The summed E-state index contributed by atoms with van der Waals surface area (Å²) in [6.45, 7) is 3.21. The van der Waals surface area contributed by atoms with Crippen LogP contribution < -0.4 is 10.1 Å². The fourth-order valence-corrected chi connectivity index (χ4v) is 3.68. The Kier molecular flexibility index (Phi) is 4.07. The van der Waals surface area contributed by atoms with Crippen LogP contribution in [0.5, 0.6) is 5.75 Å². The average molecular weight is 259 g/mol. The fourth-order valence-electron chi connectivity index (χ4n) is 3.68. The Morgan fingerprint density at radius 3 is 2.74 bits per heavy atom. The summed E-state index contributed by atoms with van der Waals surface area (Å²) in [5.74, 6) is 1.87. The number of hydrogen-bond acceptors (Lipinski definition) is 2. The Labute approximate surface area is 116 Å². The van der Waals surface area contributed by atoms with Gasteiger partial charge in [0, 0.05) is 18.0 Å². The Hall–Kier alpha value is -1.02. The molecule has 1 N–H and O–H groups in total. The predicted molar refractivity (Wildman–Crippen MR) is 78.5 cm³/mol. The van der Waals surface area contributed by atoms with Crippen molar-refractivity contribution in [1.82, 2.24) is 5.32 Å². The molecule has 1 fully saturated rings. The second-order valence-corrected chi connectivity index (χ2v) is 5.94. The molecule has 1 aliphatic carbocycles. The van der Waals surface area contributed by atoms with Crippen molar-refractivity contribution in [2.45, 2.75) is 57.6 Å². The van der Waals surface area contributed by atoms with Gasteiger partial charge in [0.2, 0.25) is 0 Å². The summed E-state index contributed by atoms with van der Waals surface area (Å²) in [5.41, 5.74) is 1.34. The van der Waals surface area contributed by atoms with Crippen molar-refractivity contribution in [3.8, 4) is 5.75 Å². The van der Waals surface area contributed by atoms with Crippen molar-refractivity contribution < 1.29 is 4.74 Å². The monoisotopic (exact) mass is 259 g/mol. The Morgan fingerprint density at radius 1 is 1.16 bits per heavy atom. The first-order chi connectivity index (χ1) is 9.38. The Bertz CT molecular complexity index is 411. The topological polar surface area (TPSA) is 21.3 Å². The van der Waals surface area contributed by atoms with E-state index in [1.165, 1.54) is 37.7 Å². The van der Waals surface area contributed by atoms with Crippen LogP contribution in [-0.4, -0.2) is 12.6 Å². The molecule has 1 saturated carbocycles. The first-order valence-corrected chi connectivity index (χ1v) is 7.87. The van der Waals surface area contributed by atoms with Crippen molar-refractivity contribution in [3.63, 3.8) is 0 Å². The number of fused-ring (bicyclic) bond motifs is 1. The van der Waals surface area contributed by atoms with Crippen molar-refractivity contribution in [1.29, 1.82) is 0 Å². The van der Waals surface area contributed by atoms with Gasteiger partial charge in [-0.1, -0.05) is 44.4 Å². The average Bonchev–Trinajstić information content (AvgIpc) is 2.48. The summed E-state index contributed by atoms with van der Waals surface area (Å²) in [4.78, 5) is 0. The lowest BCUT2D eigenvalue weighted by molar-refractivity contribution is 0.0731. The zero-order valence-electron chi connectivity index (χ0n) is 11.9. The highest BCUT2D eigenvalue weighted by Crippen LogP contribution is 2.40. The second-order valence-electron chi connectivity index (χ2n) is 5.94. The number of ether oxygens (including phenoxy) is 1. The first-order valence-electron chi connectivity index (χ1n) is 7.87. The van der Waals surface area contributed by atoms with Gasteiger partial charge in [-0.25, -0.2) is 0 Å². The summed E-state index contributed by atoms with van der Waals surface area (Å²) < 4.78 is 6.31. The molecule has 1 aromatic carbocycles. The predicted octanol–water partition coefficient (Wildman–Crippen LogP) is 4.07. The summed E-state index contributed by atoms with van der Waals surface area (Å²) in [6.07, 6.45) is 8.44. The summed E-state index contributed by atoms with van der Waals surface area (Å²) in [6, 6.07) is 9.02. The van der Waals surface area contributed by atoms with Crippen LogP contribution in [0, 0.1) is 5.92 Å². The summed E-state index contributed by atoms with van der Waals surface area (Å²) in [5, 5.41) is 3.63. The Morgan fingerprint density at radius 2 is 1.95 bits per heavy atom. The van der Waals surface area contributed by atoms with Gasteiger partial charge in [0.15, 0.2) is 0 Å². The van der Waals surface area contributed by atoms with Gasteiger partial charge < -0.3 is 10.1 Å². The second kappa shape index (κ2) is 5.96. The van der Waals surface area contributed by atoms with E-state index in [1.807, 2.05) is 0 Å². The molecule has 1 aliphatic heterocycles. The van der Waals surface area contributed by atoms with Gasteiger partial charge in [-0.05, 0) is 31.4 Å². The quantitative estimate of drug-likeness (QED) is 0.883. The van der Waals surface area contributed by atoms with Gasteiger partial charge in [-0.2, -0.15) is 0 Å². The fraction of sp³-hybridized carbons (Fsp3) is 0.647. The smallest absolute Gasteiger partial charge is 0.124 e. The molecule has 2 aliphatic rings. The van der Waals surface area contributed by atoms with E-state index in [0.717, 1.165) is 24.6 Å². The molecular weight excluding hydrogens is 234 g/mol. The minimum Gasteiger partial charge on any atom is -0.490 e. The molecule has 104 valence electrons. The molecule has 3 rings (SSSR count). The van der Waals surface area contributed by atoms with Gasteiger partial charge in [-0.15, -0.1) is 0 Å². The van der Waals surface area contributed by atoms with E-state index in [2.05, 4.69) is 36.5 Å². The summed E-state index contributed by atoms with van der Waals surface area (Å²) in [7, 11) is 0. The van der Waals surface area contributed by atoms with Crippen LogP contribution in [-0.2, 0) is 0 Å². The van der Waals surface area contributed by atoms with E-state index in [1.54, 1.807) is 0 Å². The molecule has 1 heterocycles. The number of nitrogens with one attached hydrogen (secondary N) is 1. The molecule has 0 radical (unpaired) electrons. The summed E-state index contributed by atoms with van der Waals surface area (Å²) >= 11 is 0. The highest BCUT2D eigenvalue weighted by Gasteiger charge is 2.33. The molecule has 0 aromatic heterocycles. The number of para-hydroxylation sites is 1. The van der Waals surface area contributed by atoms with E-state index in [-0.39, 0.29) is 0 Å². The van der Waals surface area contributed by atoms with Crippen LogP contribution >= 0.6 is 0 Å². The van der Waals surface area contributed by atoms with Crippen LogP contribution in [0.2, 0.25) is 0 Å². The van der Waals surface area contributed by atoms with Crippen molar-refractivity contribution in [3.05, 3.63) is 29.8 Å². The normalized spacial score (nSPS) is 27.6. The first kappa shape index (κ1) is 13.0. The zero-order valence-corrected chi connectivity index (χ0v) is 11.9. The van der Waals surface area contributed by atoms with Crippen molar-refractivity contribution in [2.24, 2.45) is 5.92 Å². The standard InChI is InChI=1S/C17H25NO/c1-2-18-15-12-17(13-8-4-3-5-9-13)19-16-11-7-6-10-14(15)16/h6-7,10-11,13,15,17-18H,2-5,8-9,12H2,1H3. The van der Waals surface area contributed by atoms with E-state index < -0.39 is 0 Å². The minimum absolute atomic E-state index is 0.416. The third-order valence-corrected chi connectivity index (χ3v) is 4.67. The maximum absolute atomic E-state index is 6.31. The molecule has 0 amide bonds. The van der Waals surface area contributed by atoms with Crippen molar-refractivity contribution in [2.75, 3.05) is 6.54 Å². The van der Waals surface area contributed by atoms with Crippen LogP contribution in [0.3, 0.4) is 0 Å². The lowest BCUT2D eigenvalue weighted by Gasteiger charge is -2.38. The highest BCUT2D eigenvalue weighted by atomic mass is 16.5. The zero-order chi connectivity index (χ0) is 13.1. The number of hydrogen-bond donors (Lipinski definition) is 1. The maximum Gasteiger partial charge on any atom is 0.124 e. The number of rotatable bonds is 3. The molecule has 19 heavy (non-hydrogen) atoms. The maximum atomic E-state index is 6.31. The van der Waals surface area contributed by atoms with E-state index in [9.17, 15) is 0 Å². The molecule has 0 spiro atoms. The van der Waals surface area contributed by atoms with Gasteiger partial charge in [0.05, 0.1) is 0 Å². The minimum atomic E-state index is 0.416. The van der Waals surface area contributed by atoms with E-state index >= 15 is 0 Å². The molecular formula is C17H25NO. The van der Waals surface area contributed by atoms with Gasteiger partial charge in [-0.3, -0.25) is 0 Å². The lowest BCUT2D eigenvalue weighted by atomic mass is 9.81. The van der Waals surface area contributed by atoms with Crippen LogP contribution in [0.4, 0.5) is 0 Å². The van der Waals surface area contributed by atoms with E-state index in [4.69, 9.17) is 4.74 Å². The molecule has 2 nitrogen and oxygen atoms in total. The van der Waals surface area contributed by atoms with Crippen LogP contribution in [0.25, 0.3) is 0 Å². The molecule has 1 aromatic rings. The van der Waals surface area contributed by atoms with Crippen LogP contribution in [0.1, 0.15) is 57.1 Å². The third kappa shape index (κ3) is 2.79. The largest absolute Gasteiger partial charge is 0.490 e. The van der Waals surface area contributed by atoms with Crippen LogP contribution in [0.15, 0.2) is 24.3 Å². The molecule has 2 atom stereocenters.